The van der Waals surface area contributed by atoms with Crippen LogP contribution in [0.15, 0.2) is 136 Å². The molecule has 0 spiro atoms. The molecule has 5 aromatic carbocycles. The Morgan fingerprint density at radius 1 is 0.822 bits per heavy atom. The van der Waals surface area contributed by atoms with E-state index in [0.29, 0.717) is 42.3 Å². The fourth-order valence-corrected chi connectivity index (χ4v) is 12.3. The average Bonchev–Trinajstić information content (AvgIpc) is 3.32. The molecule has 0 saturated carbocycles. The number of likely N-dealkylation sites (N-methyl/N-ethyl adjacent to an activating group) is 1. The zero-order valence-electron chi connectivity index (χ0n) is 42.1. The van der Waals surface area contributed by atoms with E-state index in [-0.39, 0.29) is 12.2 Å². The average molecular weight is 1110 g/mol. The van der Waals surface area contributed by atoms with Gasteiger partial charge in [0.05, 0.1) is 28.4 Å². The van der Waals surface area contributed by atoms with E-state index in [1.165, 1.54) is 35.0 Å². The second-order valence-electron chi connectivity index (χ2n) is 19.9. The molecule has 1 heterocycles. The summed E-state index contributed by atoms with van der Waals surface area (Å²) in [6, 6.07) is 33.6. The van der Waals surface area contributed by atoms with Gasteiger partial charge in [-0.1, -0.05) is 66.2 Å². The van der Waals surface area contributed by atoms with E-state index in [4.69, 9.17) is 25.2 Å². The molecule has 20 heteroatoms. The molecular weight excluding hydrogens is 1040 g/mol. The number of benzene rings is 5. The molecule has 1 amide bonds. The molecule has 1 fully saturated rings. The van der Waals surface area contributed by atoms with Gasteiger partial charge in [-0.3, -0.25) is 4.79 Å². The van der Waals surface area contributed by atoms with Crippen LogP contribution in [0, 0.1) is 5.92 Å². The Morgan fingerprint density at radius 3 is 2.05 bits per heavy atom. The molecule has 1 atom stereocenters. The summed E-state index contributed by atoms with van der Waals surface area (Å²) in [7, 11) is -10.8. The van der Waals surface area contributed by atoms with E-state index in [0.717, 1.165) is 60.6 Å². The van der Waals surface area contributed by atoms with E-state index in [2.05, 4.69) is 22.3 Å². The standard InChI is InChI=1S/C53H65ClF3N4O8PS3/c1-51(2,3)68-70(69-52(4,5)6)67-34-33-60(7)30-29-43(37-71-45-14-9-8-10-15-45)58-48-26-25-46(36-49(48)72(63,64)53(55,56)57)73(65,66)59-50(62)40-19-23-44(24-20-40)61-31-27-38(28-32-61)35-41-13-11-12-16-47(41)39-17-21-42(54)22-18-39/h8-26,36,38,43,58H,27-35,37H2,1-7H3,(H,59,62). The molecule has 1 unspecified atom stereocenters. The summed E-state index contributed by atoms with van der Waals surface area (Å²) >= 11 is 7.55. The fourth-order valence-electron chi connectivity index (χ4n) is 7.92. The molecule has 396 valence electrons. The molecule has 1 aliphatic heterocycles. The number of nitrogens with zero attached hydrogens (tertiary/aromatic N) is 2. The molecule has 5 aromatic rings. The first kappa shape index (κ1) is 58.0. The summed E-state index contributed by atoms with van der Waals surface area (Å²) in [5.74, 6) is -0.291. The maximum Gasteiger partial charge on any atom is 0.501 e. The lowest BCUT2D eigenvalue weighted by Crippen LogP contribution is -2.34. The lowest BCUT2D eigenvalue weighted by molar-refractivity contribution is -0.0436. The minimum atomic E-state index is -6.12. The molecule has 0 aliphatic carbocycles. The van der Waals surface area contributed by atoms with Crippen LogP contribution in [-0.2, 0) is 39.9 Å². The van der Waals surface area contributed by atoms with Crippen LogP contribution in [0.2, 0.25) is 5.02 Å². The number of sulfone groups is 1. The number of nitrogens with one attached hydrogen (secondary N) is 2. The number of halogens is 4. The van der Waals surface area contributed by atoms with Gasteiger partial charge in [0.1, 0.15) is 4.90 Å². The number of rotatable bonds is 22. The second-order valence-corrected chi connectivity index (χ2v) is 26.1. The van der Waals surface area contributed by atoms with Crippen molar-refractivity contribution in [2.24, 2.45) is 5.92 Å². The number of anilines is 2. The molecule has 6 rings (SSSR count). The molecule has 0 radical (unpaired) electrons. The van der Waals surface area contributed by atoms with Gasteiger partial charge in [-0.05, 0) is 170 Å². The van der Waals surface area contributed by atoms with Crippen LogP contribution in [0.1, 0.15) is 76.7 Å². The minimum absolute atomic E-state index is 0.0185. The highest BCUT2D eigenvalue weighted by Crippen LogP contribution is 2.47. The molecule has 1 aliphatic rings. The van der Waals surface area contributed by atoms with Gasteiger partial charge < -0.3 is 28.7 Å². The Morgan fingerprint density at radius 2 is 1.44 bits per heavy atom. The molecule has 2 N–H and O–H groups in total. The summed E-state index contributed by atoms with van der Waals surface area (Å²) in [5.41, 5.74) is -2.89. The number of amides is 1. The molecule has 0 aromatic heterocycles. The summed E-state index contributed by atoms with van der Waals surface area (Å²) in [6.45, 7) is 14.0. The normalized spacial score (nSPS) is 14.7. The predicted molar refractivity (Wildman–Crippen MR) is 288 cm³/mol. The Hall–Kier alpha value is -4.23. The van der Waals surface area contributed by atoms with Crippen LogP contribution >= 0.6 is 32.0 Å². The van der Waals surface area contributed by atoms with Crippen molar-refractivity contribution in [1.29, 1.82) is 0 Å². The zero-order valence-corrected chi connectivity index (χ0v) is 46.2. The SMILES string of the molecule is CN(CCOP(OC(C)(C)C)OC(C)(C)C)CCC(CSc1ccccc1)Nc1ccc(S(=O)(=O)NC(=O)c2ccc(N3CCC(Cc4ccccc4-c4ccc(Cl)cc4)CC3)cc2)cc1S(=O)(=O)C(F)(F)F. The van der Waals surface area contributed by atoms with Gasteiger partial charge in [0.25, 0.3) is 25.8 Å². The Bertz CT molecular complexity index is 2810. The number of hydrogen-bond acceptors (Lipinski definition) is 12. The summed E-state index contributed by atoms with van der Waals surface area (Å²) in [5, 5.41) is 3.68. The number of carbonyl (C=O) groups is 1. The van der Waals surface area contributed by atoms with Gasteiger partial charge in [0.15, 0.2) is 0 Å². The second kappa shape index (κ2) is 25.1. The van der Waals surface area contributed by atoms with Crippen molar-refractivity contribution in [1.82, 2.24) is 9.62 Å². The van der Waals surface area contributed by atoms with Crippen LogP contribution in [0.5, 0.6) is 0 Å². The highest BCUT2D eigenvalue weighted by Gasteiger charge is 2.48. The van der Waals surface area contributed by atoms with E-state index in [1.807, 2.05) is 125 Å². The topological polar surface area (TPSA) is 144 Å². The van der Waals surface area contributed by atoms with Gasteiger partial charge >= 0.3 is 14.1 Å². The first-order chi connectivity index (χ1) is 34.3. The van der Waals surface area contributed by atoms with Gasteiger partial charge in [-0.15, -0.1) is 11.8 Å². The lowest BCUT2D eigenvalue weighted by atomic mass is 9.87. The van der Waals surface area contributed by atoms with Gasteiger partial charge in [-0.2, -0.15) is 13.2 Å². The first-order valence-corrected chi connectivity index (χ1v) is 29.3. The van der Waals surface area contributed by atoms with Gasteiger partial charge in [-0.25, -0.2) is 21.6 Å². The molecule has 0 bridgehead atoms. The third-order valence-electron chi connectivity index (χ3n) is 11.7. The number of carbonyl (C=O) groups excluding carboxylic acids is 1. The summed E-state index contributed by atoms with van der Waals surface area (Å²) < 4.78 is 117. The molecule has 73 heavy (non-hydrogen) atoms. The lowest BCUT2D eigenvalue weighted by Gasteiger charge is -2.34. The van der Waals surface area contributed by atoms with Gasteiger partial charge in [0.2, 0.25) is 0 Å². The Kier molecular flexibility index (Phi) is 19.9. The van der Waals surface area contributed by atoms with E-state index in [9.17, 15) is 34.8 Å². The van der Waals surface area contributed by atoms with E-state index in [1.54, 1.807) is 12.1 Å². The fraction of sp³-hybridized carbons (Fsp3) is 0.415. The van der Waals surface area contributed by atoms with Crippen molar-refractivity contribution in [3.8, 4) is 11.1 Å². The molecule has 12 nitrogen and oxygen atoms in total. The van der Waals surface area contributed by atoms with Crippen molar-refractivity contribution in [3.05, 3.63) is 137 Å². The Balaban J connectivity index is 1.12. The third-order valence-corrected chi connectivity index (χ3v) is 17.7. The van der Waals surface area contributed by atoms with Crippen molar-refractivity contribution in [2.75, 3.05) is 55.8 Å². The van der Waals surface area contributed by atoms with Crippen LogP contribution < -0.4 is 14.9 Å². The number of hydrogen-bond donors (Lipinski definition) is 2. The molecular formula is C53H65ClF3N4O8PS3. The van der Waals surface area contributed by atoms with Crippen LogP contribution in [0.25, 0.3) is 11.1 Å². The number of piperidine rings is 1. The number of alkyl halides is 3. The van der Waals surface area contributed by atoms with Crippen molar-refractivity contribution in [3.63, 3.8) is 0 Å². The van der Waals surface area contributed by atoms with Crippen LogP contribution in [-0.4, -0.2) is 96.0 Å². The van der Waals surface area contributed by atoms with Gasteiger partial charge in [0, 0.05) is 52.6 Å². The van der Waals surface area contributed by atoms with E-state index < -0.39 is 72.6 Å². The largest absolute Gasteiger partial charge is 0.501 e. The maximum absolute atomic E-state index is 14.4. The minimum Gasteiger partial charge on any atom is -0.380 e. The van der Waals surface area contributed by atoms with Crippen molar-refractivity contribution >= 4 is 69.1 Å². The monoisotopic (exact) mass is 1100 g/mol. The maximum atomic E-state index is 14.4. The highest BCUT2D eigenvalue weighted by molar-refractivity contribution is 7.99. The van der Waals surface area contributed by atoms with Crippen molar-refractivity contribution < 1.29 is 48.4 Å². The smallest absolute Gasteiger partial charge is 0.380 e. The third kappa shape index (κ3) is 17.4. The predicted octanol–water partition coefficient (Wildman–Crippen LogP) is 12.6. The first-order valence-electron chi connectivity index (χ1n) is 23.9. The number of thioether (sulfide) groups is 1. The Labute approximate surface area is 439 Å². The van der Waals surface area contributed by atoms with Crippen LogP contribution in [0.3, 0.4) is 0 Å². The van der Waals surface area contributed by atoms with Crippen LogP contribution in [0.4, 0.5) is 24.5 Å². The quantitative estimate of drug-likeness (QED) is 0.0503. The summed E-state index contributed by atoms with van der Waals surface area (Å²) in [6.07, 6.45) is 3.11. The number of sulfonamides is 1. The molecule has 1 saturated heterocycles. The highest BCUT2D eigenvalue weighted by atomic mass is 35.5. The van der Waals surface area contributed by atoms with E-state index >= 15 is 0 Å². The van der Waals surface area contributed by atoms with Crippen molar-refractivity contribution in [2.45, 2.75) is 105 Å². The summed E-state index contributed by atoms with van der Waals surface area (Å²) in [4.78, 5) is 16.3. The zero-order chi connectivity index (χ0) is 53.2.